The number of thiophene rings is 1. The largest absolute Gasteiger partial charge is 0.384 e. The predicted molar refractivity (Wildman–Crippen MR) is 84.4 cm³/mol. The third-order valence-electron chi connectivity index (χ3n) is 3.32. The molecule has 104 valence electrons. The van der Waals surface area contributed by atoms with Gasteiger partial charge in [-0.1, -0.05) is 0 Å². The summed E-state index contributed by atoms with van der Waals surface area (Å²) in [6, 6.07) is 4.79. The van der Waals surface area contributed by atoms with Crippen LogP contribution >= 0.6 is 33.9 Å². The van der Waals surface area contributed by atoms with Crippen molar-refractivity contribution in [2.75, 3.05) is 5.32 Å². The molecule has 1 aliphatic heterocycles. The number of aryl methyl sites for hydroxylation is 1. The van der Waals surface area contributed by atoms with Crippen LogP contribution in [0.5, 0.6) is 0 Å². The van der Waals surface area contributed by atoms with E-state index in [0.717, 1.165) is 8.45 Å². The molecule has 0 fully saturated rings. The van der Waals surface area contributed by atoms with Gasteiger partial charge in [0.15, 0.2) is 0 Å². The number of anilines is 1. The van der Waals surface area contributed by atoms with Crippen molar-refractivity contribution in [3.63, 3.8) is 0 Å². The van der Waals surface area contributed by atoms with Crippen molar-refractivity contribution in [1.29, 1.82) is 0 Å². The summed E-state index contributed by atoms with van der Waals surface area (Å²) >= 11 is 3.67. The molecule has 0 saturated carbocycles. The number of nitrogens with one attached hydrogen (secondary N) is 1. The lowest BCUT2D eigenvalue weighted by Gasteiger charge is -2.20. The fraction of sp³-hybridized carbons (Fsp3) is 0.214. The number of carbonyl (C=O) groups is 1. The van der Waals surface area contributed by atoms with Gasteiger partial charge in [-0.2, -0.15) is 0 Å². The maximum Gasteiger partial charge on any atom is 0.224 e. The van der Waals surface area contributed by atoms with Crippen molar-refractivity contribution in [2.45, 2.75) is 18.9 Å². The number of amides is 1. The molecular formula is C14H11FINO2S. The minimum Gasteiger partial charge on any atom is -0.384 e. The van der Waals surface area contributed by atoms with Gasteiger partial charge in [0.05, 0.1) is 2.88 Å². The van der Waals surface area contributed by atoms with E-state index in [9.17, 15) is 14.3 Å². The lowest BCUT2D eigenvalue weighted by atomic mass is 9.96. The molecule has 1 amide bonds. The summed E-state index contributed by atoms with van der Waals surface area (Å²) in [5, 5.41) is 14.8. The summed E-state index contributed by atoms with van der Waals surface area (Å²) in [5.41, 5.74) is 2.33. The number of benzene rings is 1. The van der Waals surface area contributed by atoms with E-state index in [1.54, 1.807) is 6.07 Å². The molecule has 20 heavy (non-hydrogen) atoms. The Morgan fingerprint density at radius 2 is 2.15 bits per heavy atom. The maximum absolute atomic E-state index is 14.1. The van der Waals surface area contributed by atoms with Crippen molar-refractivity contribution in [3.05, 3.63) is 49.0 Å². The number of aliphatic hydroxyl groups is 1. The van der Waals surface area contributed by atoms with Crippen LogP contribution in [-0.4, -0.2) is 11.0 Å². The normalized spacial score (nSPS) is 15.7. The number of rotatable bonds is 2. The molecule has 0 spiro atoms. The molecule has 0 aliphatic carbocycles. The van der Waals surface area contributed by atoms with E-state index in [2.05, 4.69) is 27.9 Å². The Morgan fingerprint density at radius 1 is 1.35 bits per heavy atom. The first-order valence-electron chi connectivity index (χ1n) is 6.09. The Balaban J connectivity index is 2.00. The second kappa shape index (κ2) is 5.42. The van der Waals surface area contributed by atoms with Crippen LogP contribution in [0.25, 0.3) is 0 Å². The summed E-state index contributed by atoms with van der Waals surface area (Å²) in [5.74, 6) is -0.600. The van der Waals surface area contributed by atoms with E-state index >= 15 is 0 Å². The minimum atomic E-state index is -0.974. The third kappa shape index (κ3) is 2.59. The monoisotopic (exact) mass is 403 g/mol. The average Bonchev–Trinajstić information content (AvgIpc) is 2.84. The summed E-state index contributed by atoms with van der Waals surface area (Å²) in [4.78, 5) is 11.3. The standard InChI is InChI=1S/C14H11FINO2S/c15-10-5-11-7(1-2-13(18)17-11)3-9(10)14(19)8-4-12(16)20-6-8/h3-6,14,19H,1-2H2,(H,17,18). The Kier molecular flexibility index (Phi) is 3.78. The molecule has 6 heteroatoms. The minimum absolute atomic E-state index is 0.0995. The molecule has 1 atom stereocenters. The summed E-state index contributed by atoms with van der Waals surface area (Å²) in [7, 11) is 0. The van der Waals surface area contributed by atoms with Gasteiger partial charge in [-0.15, -0.1) is 11.3 Å². The first-order chi connectivity index (χ1) is 9.54. The molecule has 1 aromatic heterocycles. The Morgan fingerprint density at radius 3 is 2.85 bits per heavy atom. The highest BCUT2D eigenvalue weighted by molar-refractivity contribution is 14.1. The summed E-state index contributed by atoms with van der Waals surface area (Å²) in [6.45, 7) is 0. The number of carbonyl (C=O) groups excluding carboxylic acids is 1. The van der Waals surface area contributed by atoms with Gasteiger partial charge < -0.3 is 10.4 Å². The number of aliphatic hydroxyl groups excluding tert-OH is 1. The predicted octanol–water partition coefficient (Wildman–Crippen LogP) is 3.46. The highest BCUT2D eigenvalue weighted by Crippen LogP contribution is 2.33. The Labute approximate surface area is 133 Å². The van der Waals surface area contributed by atoms with Crippen LogP contribution in [0, 0.1) is 8.70 Å². The second-order valence-corrected chi connectivity index (χ2v) is 7.47. The van der Waals surface area contributed by atoms with Gasteiger partial charge in [-0.05, 0) is 63.7 Å². The fourth-order valence-corrected chi connectivity index (χ4v) is 3.67. The van der Waals surface area contributed by atoms with Gasteiger partial charge in [0.1, 0.15) is 11.9 Å². The van der Waals surface area contributed by atoms with Gasteiger partial charge in [0, 0.05) is 17.7 Å². The van der Waals surface area contributed by atoms with Crippen LogP contribution in [0.4, 0.5) is 10.1 Å². The first kappa shape index (κ1) is 14.0. The van der Waals surface area contributed by atoms with Gasteiger partial charge >= 0.3 is 0 Å². The van der Waals surface area contributed by atoms with Crippen molar-refractivity contribution < 1.29 is 14.3 Å². The second-order valence-electron chi connectivity index (χ2n) is 4.67. The summed E-state index contributed by atoms with van der Waals surface area (Å²) in [6.07, 6.45) is -0.00922. The van der Waals surface area contributed by atoms with E-state index in [4.69, 9.17) is 0 Å². The van der Waals surface area contributed by atoms with E-state index in [0.29, 0.717) is 24.1 Å². The van der Waals surface area contributed by atoms with Crippen molar-refractivity contribution in [1.82, 2.24) is 0 Å². The summed E-state index contributed by atoms with van der Waals surface area (Å²) < 4.78 is 15.2. The first-order valence-corrected chi connectivity index (χ1v) is 8.04. The number of fused-ring (bicyclic) bond motifs is 1. The lowest BCUT2D eigenvalue weighted by Crippen LogP contribution is -2.20. The zero-order valence-corrected chi connectivity index (χ0v) is 13.3. The average molecular weight is 403 g/mol. The lowest BCUT2D eigenvalue weighted by molar-refractivity contribution is -0.116. The quantitative estimate of drug-likeness (QED) is 0.755. The molecule has 0 saturated heterocycles. The fourth-order valence-electron chi connectivity index (χ4n) is 2.28. The molecule has 1 aliphatic rings. The maximum atomic E-state index is 14.1. The molecule has 1 unspecified atom stereocenters. The number of hydrogen-bond donors (Lipinski definition) is 2. The van der Waals surface area contributed by atoms with Gasteiger partial charge in [0.25, 0.3) is 0 Å². The van der Waals surface area contributed by atoms with Crippen LogP contribution < -0.4 is 5.32 Å². The van der Waals surface area contributed by atoms with Crippen LogP contribution in [-0.2, 0) is 11.2 Å². The van der Waals surface area contributed by atoms with Gasteiger partial charge in [-0.25, -0.2) is 4.39 Å². The molecule has 0 radical (unpaired) electrons. The molecule has 1 aromatic carbocycles. The van der Waals surface area contributed by atoms with Crippen LogP contribution in [0.2, 0.25) is 0 Å². The highest BCUT2D eigenvalue weighted by Gasteiger charge is 2.22. The third-order valence-corrected chi connectivity index (χ3v) is 5.12. The molecule has 2 aromatic rings. The number of halogens is 2. The van der Waals surface area contributed by atoms with Crippen molar-refractivity contribution in [3.8, 4) is 0 Å². The molecule has 0 bridgehead atoms. The molecule has 3 rings (SSSR count). The van der Waals surface area contributed by atoms with E-state index in [1.165, 1.54) is 17.4 Å². The topological polar surface area (TPSA) is 49.3 Å². The highest BCUT2D eigenvalue weighted by atomic mass is 127. The van der Waals surface area contributed by atoms with E-state index in [1.807, 2.05) is 11.4 Å². The Hall–Kier alpha value is -0.990. The van der Waals surface area contributed by atoms with Crippen molar-refractivity contribution >= 4 is 45.5 Å². The van der Waals surface area contributed by atoms with Gasteiger partial charge in [0.2, 0.25) is 5.91 Å². The van der Waals surface area contributed by atoms with Crippen molar-refractivity contribution in [2.24, 2.45) is 0 Å². The zero-order valence-electron chi connectivity index (χ0n) is 10.3. The number of hydrogen-bond acceptors (Lipinski definition) is 3. The van der Waals surface area contributed by atoms with Gasteiger partial charge in [-0.3, -0.25) is 4.79 Å². The smallest absolute Gasteiger partial charge is 0.224 e. The van der Waals surface area contributed by atoms with E-state index < -0.39 is 11.9 Å². The molecular weight excluding hydrogens is 392 g/mol. The Bertz CT molecular complexity index is 686. The zero-order chi connectivity index (χ0) is 14.3. The van der Waals surface area contributed by atoms with Crippen LogP contribution in [0.15, 0.2) is 23.6 Å². The van der Waals surface area contributed by atoms with Crippen LogP contribution in [0.1, 0.15) is 29.2 Å². The molecule has 3 nitrogen and oxygen atoms in total. The van der Waals surface area contributed by atoms with Crippen LogP contribution in [0.3, 0.4) is 0 Å². The molecule has 2 N–H and O–H groups in total. The molecule has 2 heterocycles. The SMILES string of the molecule is O=C1CCc2cc(C(O)c3csc(I)c3)c(F)cc2N1. The van der Waals surface area contributed by atoms with E-state index in [-0.39, 0.29) is 11.5 Å².